The Morgan fingerprint density at radius 1 is 1.10 bits per heavy atom. The van der Waals surface area contributed by atoms with Gasteiger partial charge < -0.3 is 10.1 Å². The van der Waals surface area contributed by atoms with E-state index in [9.17, 15) is 4.39 Å². The molecule has 2 atom stereocenters. The van der Waals surface area contributed by atoms with Gasteiger partial charge in [-0.1, -0.05) is 38.3 Å². The fraction of sp³-hybridized carbons (Fsp3) is 0.548. The summed E-state index contributed by atoms with van der Waals surface area (Å²) in [5.74, 6) is 2.50. The summed E-state index contributed by atoms with van der Waals surface area (Å²) < 4.78 is 19.7. The molecule has 3 aromatic heterocycles. The van der Waals surface area contributed by atoms with Crippen molar-refractivity contribution in [1.82, 2.24) is 19.6 Å². The average Bonchev–Trinajstić information content (AvgIpc) is 3.42. The van der Waals surface area contributed by atoms with Gasteiger partial charge in [-0.25, -0.2) is 23.9 Å². The fourth-order valence-corrected chi connectivity index (χ4v) is 6.10. The van der Waals surface area contributed by atoms with Crippen molar-refractivity contribution < 1.29 is 10.6 Å². The van der Waals surface area contributed by atoms with Crippen molar-refractivity contribution in [1.29, 1.82) is 0 Å². The molecule has 0 bridgehead atoms. The van der Waals surface area contributed by atoms with Gasteiger partial charge >= 0.3 is 0 Å². The van der Waals surface area contributed by atoms with E-state index >= 15 is 0 Å². The predicted molar refractivity (Wildman–Crippen MR) is 158 cm³/mol. The number of nitrogens with zero attached hydrogens (tertiary/aromatic N) is 5. The van der Waals surface area contributed by atoms with E-state index in [-0.39, 0.29) is 7.53 Å². The van der Waals surface area contributed by atoms with E-state index in [1.807, 2.05) is 37.1 Å². The second-order valence-corrected chi connectivity index (χ2v) is 10.9. The number of pyridine rings is 1. The predicted octanol–water partition coefficient (Wildman–Crippen LogP) is 8.06. The number of halogens is 1. The maximum absolute atomic E-state index is 12.7. The van der Waals surface area contributed by atoms with Gasteiger partial charge in [-0.15, -0.1) is 5.10 Å². The van der Waals surface area contributed by atoms with Crippen LogP contribution in [0.1, 0.15) is 91.0 Å². The van der Waals surface area contributed by atoms with Crippen LogP contribution in [0.3, 0.4) is 0 Å². The molecule has 0 aromatic carbocycles. The molecule has 1 aliphatic heterocycles. The zero-order valence-electron chi connectivity index (χ0n) is 23.4. The number of hydrogen-bond donors (Lipinski definition) is 1. The van der Waals surface area contributed by atoms with E-state index in [2.05, 4.69) is 46.6 Å². The number of alkyl halides is 1. The summed E-state index contributed by atoms with van der Waals surface area (Å²) in [5.41, 5.74) is 5.66. The van der Waals surface area contributed by atoms with E-state index < -0.39 is 6.36 Å². The molecular weight excluding hydrogens is 491 g/mol. The van der Waals surface area contributed by atoms with Gasteiger partial charge in [-0.3, -0.25) is 0 Å². The van der Waals surface area contributed by atoms with Crippen molar-refractivity contribution in [2.45, 2.75) is 96.4 Å². The minimum atomic E-state index is -1.03. The average molecular weight is 535 g/mol. The number of hydrogen-bond acceptors (Lipinski definition) is 6. The molecule has 1 fully saturated rings. The van der Waals surface area contributed by atoms with Gasteiger partial charge in [0.05, 0.1) is 17.8 Å². The van der Waals surface area contributed by atoms with E-state index in [0.29, 0.717) is 24.2 Å². The Labute approximate surface area is 232 Å². The lowest BCUT2D eigenvalue weighted by molar-refractivity contribution is -0.0975. The van der Waals surface area contributed by atoms with E-state index in [1.165, 1.54) is 43.4 Å². The Bertz CT molecular complexity index is 1310. The Balaban J connectivity index is 0.000000262. The quantitative estimate of drug-likeness (QED) is 0.324. The third-order valence-electron chi connectivity index (χ3n) is 8.17. The molecule has 39 heavy (non-hydrogen) atoms. The molecule has 0 amide bonds. The second-order valence-electron chi connectivity index (χ2n) is 10.9. The van der Waals surface area contributed by atoms with Crippen LogP contribution in [0, 0.1) is 5.92 Å². The Morgan fingerprint density at radius 2 is 1.87 bits per heavy atom. The highest BCUT2D eigenvalue weighted by atomic mass is 19.1. The standard InChI is InChI=1S/C22H24N6.C9H17FO.H2/c1-14-20(15-7-5-3-4-6-8-15)18-11-16(12-24-21(18)26-14)17-9-10-28-19(17)13-25-22(23-2)27-28;1-2-9(10)11-8-6-4-3-5-7-8;/h3-4,9-13,15,20H,5-8H2,1-2H3,(H,23,27);8-9H,2-7H2,1H3;1H. The fourth-order valence-electron chi connectivity index (χ4n) is 6.10. The Kier molecular flexibility index (Phi) is 9.02. The lowest BCUT2D eigenvalue weighted by atomic mass is 9.79. The summed E-state index contributed by atoms with van der Waals surface area (Å²) in [6.07, 6.45) is 20.6. The highest BCUT2D eigenvalue weighted by Crippen LogP contribution is 2.44. The maximum Gasteiger partial charge on any atom is 0.240 e. The third-order valence-corrected chi connectivity index (χ3v) is 8.17. The summed E-state index contributed by atoms with van der Waals surface area (Å²) in [6.45, 7) is 3.97. The number of ether oxygens (including phenoxy) is 1. The first-order valence-corrected chi connectivity index (χ1v) is 14.6. The molecule has 0 spiro atoms. The molecule has 6 rings (SSSR count). The van der Waals surface area contributed by atoms with Crippen molar-refractivity contribution in [3.8, 4) is 11.1 Å². The van der Waals surface area contributed by atoms with Crippen LogP contribution >= 0.6 is 0 Å². The largest absolute Gasteiger partial charge is 0.356 e. The molecule has 3 aromatic rings. The van der Waals surface area contributed by atoms with Crippen molar-refractivity contribution in [3.63, 3.8) is 0 Å². The van der Waals surface area contributed by atoms with Crippen LogP contribution in [-0.4, -0.2) is 44.8 Å². The molecule has 1 saturated carbocycles. The van der Waals surface area contributed by atoms with Crippen molar-refractivity contribution in [2.75, 3.05) is 12.4 Å². The summed E-state index contributed by atoms with van der Waals surface area (Å²) in [5, 5.41) is 7.45. The van der Waals surface area contributed by atoms with Crippen LogP contribution in [0.4, 0.5) is 16.2 Å². The lowest BCUT2D eigenvalue weighted by Crippen LogP contribution is -2.21. The summed E-state index contributed by atoms with van der Waals surface area (Å²) in [6, 6.07) is 4.37. The van der Waals surface area contributed by atoms with E-state index in [4.69, 9.17) is 14.7 Å². The number of fused-ring (bicyclic) bond motifs is 2. The minimum Gasteiger partial charge on any atom is -0.356 e. The number of rotatable bonds is 6. The van der Waals surface area contributed by atoms with Gasteiger partial charge in [0.25, 0.3) is 0 Å². The number of anilines is 1. The minimum absolute atomic E-state index is 0. The maximum atomic E-state index is 12.7. The monoisotopic (exact) mass is 534 g/mol. The van der Waals surface area contributed by atoms with Gasteiger partial charge in [-0.05, 0) is 63.5 Å². The smallest absolute Gasteiger partial charge is 0.240 e. The number of aromatic nitrogens is 4. The zero-order chi connectivity index (χ0) is 27.2. The highest BCUT2D eigenvalue weighted by Gasteiger charge is 2.32. The molecule has 2 unspecified atom stereocenters. The molecule has 2 aliphatic carbocycles. The van der Waals surface area contributed by atoms with Crippen molar-refractivity contribution >= 4 is 23.0 Å². The third kappa shape index (κ3) is 6.38. The van der Waals surface area contributed by atoms with Crippen LogP contribution < -0.4 is 5.32 Å². The summed E-state index contributed by atoms with van der Waals surface area (Å²) in [4.78, 5) is 13.9. The normalized spacial score (nSPS) is 20.6. The number of aliphatic imine (C=N–C) groups is 1. The lowest BCUT2D eigenvalue weighted by Gasteiger charge is -2.23. The number of nitrogens with one attached hydrogen (secondary N) is 1. The van der Waals surface area contributed by atoms with Crippen LogP contribution in [0.15, 0.2) is 47.9 Å². The zero-order valence-corrected chi connectivity index (χ0v) is 23.4. The molecule has 3 aliphatic rings. The molecule has 8 heteroatoms. The first kappa shape index (κ1) is 27.4. The molecule has 1 N–H and O–H groups in total. The van der Waals surface area contributed by atoms with Crippen LogP contribution in [0.5, 0.6) is 0 Å². The van der Waals surface area contributed by atoms with Crippen LogP contribution in [-0.2, 0) is 4.74 Å². The van der Waals surface area contributed by atoms with Gasteiger partial charge in [0.1, 0.15) is 0 Å². The van der Waals surface area contributed by atoms with Crippen LogP contribution in [0.25, 0.3) is 16.6 Å². The van der Waals surface area contributed by atoms with Crippen molar-refractivity contribution in [2.24, 2.45) is 10.9 Å². The molecule has 4 heterocycles. The SMILES string of the molecule is CCC(F)OC1CCCCC1.CNc1ncc2c(-c3cnc4c(c3)C(C3CCC=CCC3)C(C)=N4)ccn2n1.[HH]. The Morgan fingerprint density at radius 3 is 2.59 bits per heavy atom. The van der Waals surface area contributed by atoms with E-state index in [1.54, 1.807) is 0 Å². The molecule has 0 saturated heterocycles. The Hall–Kier alpha value is -3.13. The van der Waals surface area contributed by atoms with Crippen molar-refractivity contribution in [3.05, 3.63) is 48.4 Å². The van der Waals surface area contributed by atoms with Gasteiger partial charge in [0.2, 0.25) is 5.95 Å². The summed E-state index contributed by atoms with van der Waals surface area (Å²) >= 11 is 0. The molecular formula is C31H43FN6O. The molecule has 0 radical (unpaired) electrons. The van der Waals surface area contributed by atoms with Gasteiger partial charge in [0.15, 0.2) is 12.2 Å². The first-order valence-electron chi connectivity index (χ1n) is 14.6. The van der Waals surface area contributed by atoms with Gasteiger partial charge in [0, 0.05) is 55.6 Å². The number of allylic oxidation sites excluding steroid dienone is 2. The van der Waals surface area contributed by atoms with E-state index in [0.717, 1.165) is 48.1 Å². The van der Waals surface area contributed by atoms with Gasteiger partial charge in [-0.2, -0.15) is 0 Å². The molecule has 210 valence electrons. The first-order chi connectivity index (χ1) is 19.1. The second kappa shape index (κ2) is 12.8. The highest BCUT2D eigenvalue weighted by molar-refractivity contribution is 5.96. The van der Waals surface area contributed by atoms with Crippen LogP contribution in [0.2, 0.25) is 0 Å². The topological polar surface area (TPSA) is 76.7 Å². The summed E-state index contributed by atoms with van der Waals surface area (Å²) in [7, 11) is 1.82. The molecule has 7 nitrogen and oxygen atoms in total.